The van der Waals surface area contributed by atoms with E-state index in [4.69, 9.17) is 5.11 Å². The van der Waals surface area contributed by atoms with Crippen LogP contribution in [0.4, 0.5) is 5.69 Å². The van der Waals surface area contributed by atoms with Gasteiger partial charge in [0.2, 0.25) is 0 Å². The van der Waals surface area contributed by atoms with Crippen LogP contribution in [0.5, 0.6) is 0 Å². The van der Waals surface area contributed by atoms with E-state index in [1.807, 2.05) is 0 Å². The number of nitro benzene ring substituents is 1. The second-order valence-electron chi connectivity index (χ2n) is 3.57. The molecule has 0 aliphatic carbocycles. The molecule has 0 aromatic heterocycles. The Morgan fingerprint density at radius 3 is 2.76 bits per heavy atom. The molecular weight excluding hydrogens is 329 g/mol. The predicted octanol–water partition coefficient (Wildman–Crippen LogP) is 1.84. The molecule has 1 rings (SSSR count). The zero-order valence-electron chi connectivity index (χ0n) is 9.47. The summed E-state index contributed by atoms with van der Waals surface area (Å²) in [7, 11) is 0. The molecule has 0 spiro atoms. The Bertz CT molecular complexity index is 433. The standard InChI is InChI=1S/C7H4NO4.C4H9.Sn/c9-7(10)5-1-3-6(4-2-5)8(11)12;1-3-4-2;/h1,3-4H,(H,9,10);1,3-4H2,2H3;. The van der Waals surface area contributed by atoms with Gasteiger partial charge in [0.25, 0.3) is 0 Å². The summed E-state index contributed by atoms with van der Waals surface area (Å²) < 4.78 is 1.73. The molecule has 0 heterocycles. The normalized spacial score (nSPS) is 10.2. The molecule has 0 saturated carbocycles. The molecule has 5 nitrogen and oxygen atoms in total. The van der Waals surface area contributed by atoms with Crippen LogP contribution in [0.25, 0.3) is 0 Å². The van der Waals surface area contributed by atoms with Crippen molar-refractivity contribution in [2.75, 3.05) is 0 Å². The molecule has 0 aliphatic rings. The number of benzene rings is 1. The van der Waals surface area contributed by atoms with Crippen molar-refractivity contribution in [2.24, 2.45) is 0 Å². The summed E-state index contributed by atoms with van der Waals surface area (Å²) in [4.78, 5) is 21.2. The molecule has 2 radical (unpaired) electrons. The molecule has 0 saturated heterocycles. The first-order valence-electron chi connectivity index (χ1n) is 5.32. The van der Waals surface area contributed by atoms with E-state index in [1.54, 1.807) is 0 Å². The first kappa shape index (κ1) is 14.0. The summed E-state index contributed by atoms with van der Waals surface area (Å²) in [6, 6.07) is 4.04. The van der Waals surface area contributed by atoms with Crippen molar-refractivity contribution in [3.63, 3.8) is 0 Å². The monoisotopic (exact) mass is 343 g/mol. The van der Waals surface area contributed by atoms with Crippen molar-refractivity contribution in [1.82, 2.24) is 0 Å². The van der Waals surface area contributed by atoms with Crippen LogP contribution in [0.15, 0.2) is 18.2 Å². The third kappa shape index (κ3) is 3.99. The molecule has 0 fully saturated rings. The van der Waals surface area contributed by atoms with Gasteiger partial charge in [0.1, 0.15) is 0 Å². The van der Waals surface area contributed by atoms with E-state index in [1.165, 1.54) is 18.2 Å². The van der Waals surface area contributed by atoms with Gasteiger partial charge in [0.15, 0.2) is 0 Å². The first-order chi connectivity index (χ1) is 8.06. The number of nitro groups is 1. The Hall–Kier alpha value is -1.11. The molecule has 6 heteroatoms. The first-order valence-corrected chi connectivity index (χ1v) is 8.76. The number of hydrogen-bond acceptors (Lipinski definition) is 3. The number of carbonyl (C=O) groups is 1. The molecule has 0 unspecified atom stereocenters. The molecule has 1 N–H and O–H groups in total. The number of hydrogen-bond donors (Lipinski definition) is 1. The Kier molecular flexibility index (Phi) is 5.40. The van der Waals surface area contributed by atoms with Gasteiger partial charge < -0.3 is 0 Å². The number of carboxylic acid groups (broad SMARTS) is 1. The van der Waals surface area contributed by atoms with Gasteiger partial charge in [-0.05, 0) is 0 Å². The van der Waals surface area contributed by atoms with Crippen molar-refractivity contribution in [3.8, 4) is 0 Å². The van der Waals surface area contributed by atoms with E-state index < -0.39 is 32.0 Å². The molecule has 1 aromatic rings. The van der Waals surface area contributed by atoms with E-state index in [-0.39, 0.29) is 11.3 Å². The van der Waals surface area contributed by atoms with E-state index in [9.17, 15) is 14.9 Å². The SMILES string of the molecule is CCC[CH2][Sn][c]1cc([N+](=O)[O-])ccc1C(=O)O. The van der Waals surface area contributed by atoms with E-state index in [0.717, 1.165) is 17.3 Å². The van der Waals surface area contributed by atoms with Gasteiger partial charge in [-0.15, -0.1) is 0 Å². The summed E-state index contributed by atoms with van der Waals surface area (Å²) in [5.74, 6) is -0.993. The van der Waals surface area contributed by atoms with Crippen LogP contribution in [0, 0.1) is 10.1 Å². The molecular formula is C11H13NO4Sn. The van der Waals surface area contributed by atoms with Crippen molar-refractivity contribution in [2.45, 2.75) is 24.2 Å². The van der Waals surface area contributed by atoms with Gasteiger partial charge in [-0.3, -0.25) is 0 Å². The van der Waals surface area contributed by atoms with Crippen molar-refractivity contribution < 1.29 is 14.8 Å². The third-order valence-corrected chi connectivity index (χ3v) is 6.28. The van der Waals surface area contributed by atoms with Crippen molar-refractivity contribution >= 4 is 36.4 Å². The van der Waals surface area contributed by atoms with Gasteiger partial charge in [0, 0.05) is 0 Å². The Morgan fingerprint density at radius 2 is 2.24 bits per heavy atom. The zero-order chi connectivity index (χ0) is 12.8. The zero-order valence-corrected chi connectivity index (χ0v) is 12.3. The maximum atomic E-state index is 11.0. The quantitative estimate of drug-likeness (QED) is 0.370. The molecule has 17 heavy (non-hydrogen) atoms. The number of nitrogens with zero attached hydrogens (tertiary/aromatic N) is 1. The van der Waals surface area contributed by atoms with Crippen LogP contribution in [-0.2, 0) is 0 Å². The van der Waals surface area contributed by atoms with Crippen LogP contribution in [-0.4, -0.2) is 37.1 Å². The van der Waals surface area contributed by atoms with E-state index >= 15 is 0 Å². The topological polar surface area (TPSA) is 80.4 Å². The van der Waals surface area contributed by atoms with Gasteiger partial charge in [0.05, 0.1) is 0 Å². The predicted molar refractivity (Wildman–Crippen MR) is 65.2 cm³/mol. The summed E-state index contributed by atoms with van der Waals surface area (Å²) in [6.07, 6.45) is 2.13. The average Bonchev–Trinajstić information content (AvgIpc) is 2.28. The van der Waals surface area contributed by atoms with Crippen LogP contribution in [0.1, 0.15) is 30.1 Å². The summed E-state index contributed by atoms with van der Waals surface area (Å²) in [5.41, 5.74) is 0.223. The van der Waals surface area contributed by atoms with Crippen LogP contribution in [0.2, 0.25) is 4.44 Å². The van der Waals surface area contributed by atoms with Crippen LogP contribution in [0.3, 0.4) is 0 Å². The fraction of sp³-hybridized carbons (Fsp3) is 0.364. The van der Waals surface area contributed by atoms with Crippen molar-refractivity contribution in [1.29, 1.82) is 0 Å². The van der Waals surface area contributed by atoms with E-state index in [2.05, 4.69) is 6.92 Å². The van der Waals surface area contributed by atoms with Gasteiger partial charge in [-0.25, -0.2) is 0 Å². The third-order valence-electron chi connectivity index (χ3n) is 2.29. The summed E-state index contributed by atoms with van der Waals surface area (Å²) >= 11 is -1.02. The molecule has 90 valence electrons. The second-order valence-corrected chi connectivity index (χ2v) is 7.55. The second kappa shape index (κ2) is 6.58. The average molecular weight is 342 g/mol. The van der Waals surface area contributed by atoms with E-state index in [0.29, 0.717) is 3.58 Å². The number of rotatable bonds is 6. The molecule has 0 atom stereocenters. The van der Waals surface area contributed by atoms with Crippen molar-refractivity contribution in [3.05, 3.63) is 33.9 Å². The number of non-ortho nitro benzene ring substituents is 1. The fourth-order valence-electron chi connectivity index (χ4n) is 1.38. The minimum absolute atomic E-state index is 0.0117. The Balaban J connectivity index is 2.98. The van der Waals surface area contributed by atoms with Crippen LogP contribution < -0.4 is 3.58 Å². The number of aromatic carboxylic acids is 1. The number of unbranched alkanes of at least 4 members (excludes halogenated alkanes) is 1. The molecule has 1 aromatic carbocycles. The number of carboxylic acids is 1. The van der Waals surface area contributed by atoms with Gasteiger partial charge in [-0.2, -0.15) is 0 Å². The Labute approximate surface area is 109 Å². The fourth-order valence-corrected chi connectivity index (χ4v) is 5.46. The van der Waals surface area contributed by atoms with Gasteiger partial charge >= 0.3 is 109 Å². The molecule has 0 bridgehead atoms. The summed E-state index contributed by atoms with van der Waals surface area (Å²) in [6.45, 7) is 2.07. The minimum atomic E-state index is -1.02. The van der Waals surface area contributed by atoms with Gasteiger partial charge in [-0.1, -0.05) is 0 Å². The molecule has 0 amide bonds. The van der Waals surface area contributed by atoms with Crippen LogP contribution >= 0.6 is 0 Å². The Morgan fingerprint density at radius 1 is 1.53 bits per heavy atom. The summed E-state index contributed by atoms with van der Waals surface area (Å²) in [5, 5.41) is 19.7. The maximum absolute atomic E-state index is 11.0. The molecule has 0 aliphatic heterocycles.